The Morgan fingerprint density at radius 2 is 1.33 bits per heavy atom. The quantitative estimate of drug-likeness (QED) is 0.739. The van der Waals surface area contributed by atoms with Crippen molar-refractivity contribution in [1.82, 2.24) is 0 Å². The molecular formula is C15H26O2Si. The summed E-state index contributed by atoms with van der Waals surface area (Å²) in [5.74, 6) is 0. The third-order valence-electron chi connectivity index (χ3n) is 3.57. The Morgan fingerprint density at radius 1 is 0.889 bits per heavy atom. The highest BCUT2D eigenvalue weighted by Crippen LogP contribution is 2.14. The molecule has 1 aromatic rings. The molecule has 1 rings (SSSR count). The highest BCUT2D eigenvalue weighted by molar-refractivity contribution is 6.74. The lowest BCUT2D eigenvalue weighted by Crippen LogP contribution is -2.34. The molecule has 1 aromatic carbocycles. The molecule has 0 bridgehead atoms. The van der Waals surface area contributed by atoms with Gasteiger partial charge in [-0.15, -0.1) is 0 Å². The molecule has 0 aliphatic carbocycles. The Balaban J connectivity index is 2.95. The average Bonchev–Trinajstić information content (AvgIpc) is 2.30. The normalized spacial score (nSPS) is 11.2. The number of hydrogen-bond acceptors (Lipinski definition) is 2. The van der Waals surface area contributed by atoms with Gasteiger partial charge in [-0.05, 0) is 33.6 Å². The van der Waals surface area contributed by atoms with Crippen molar-refractivity contribution in [2.45, 2.75) is 45.7 Å². The molecule has 0 aromatic heterocycles. The molecule has 0 spiro atoms. The summed E-state index contributed by atoms with van der Waals surface area (Å²) < 4.78 is 0. The Morgan fingerprint density at radius 3 is 1.72 bits per heavy atom. The molecule has 0 heterocycles. The van der Waals surface area contributed by atoms with Crippen LogP contribution >= 0.6 is 0 Å². The van der Waals surface area contributed by atoms with E-state index in [4.69, 9.17) is 10.2 Å². The molecule has 0 unspecified atom stereocenters. The van der Waals surface area contributed by atoms with Gasteiger partial charge in [-0.1, -0.05) is 46.1 Å². The number of aliphatic hydroxyl groups excluding tert-OH is 2. The van der Waals surface area contributed by atoms with E-state index in [1.54, 1.807) is 5.19 Å². The summed E-state index contributed by atoms with van der Waals surface area (Å²) in [7, 11) is -1.05. The van der Waals surface area contributed by atoms with Crippen molar-refractivity contribution in [3.05, 3.63) is 28.8 Å². The first-order chi connectivity index (χ1) is 8.60. The van der Waals surface area contributed by atoms with Crippen LogP contribution in [0.15, 0.2) is 12.1 Å². The Bertz CT molecular complexity index is 346. The zero-order chi connectivity index (χ0) is 13.5. The van der Waals surface area contributed by atoms with Gasteiger partial charge in [0, 0.05) is 13.2 Å². The number of hydrogen-bond donors (Lipinski definition) is 2. The van der Waals surface area contributed by atoms with Crippen LogP contribution in [-0.2, 0) is 0 Å². The van der Waals surface area contributed by atoms with Crippen LogP contribution in [-0.4, -0.2) is 32.2 Å². The minimum Gasteiger partial charge on any atom is -0.396 e. The van der Waals surface area contributed by atoms with E-state index >= 15 is 0 Å². The molecule has 102 valence electrons. The summed E-state index contributed by atoms with van der Waals surface area (Å²) in [5.41, 5.74) is 4.13. The molecule has 0 aliphatic rings. The van der Waals surface area contributed by atoms with E-state index in [1.807, 2.05) is 0 Å². The molecule has 0 radical (unpaired) electrons. The number of benzene rings is 1. The Labute approximate surface area is 112 Å². The van der Waals surface area contributed by atoms with Crippen LogP contribution in [0.1, 0.15) is 29.5 Å². The Hall–Kier alpha value is -0.643. The Kier molecular flexibility index (Phi) is 6.61. The summed E-state index contributed by atoms with van der Waals surface area (Å²) >= 11 is 0. The van der Waals surface area contributed by atoms with Crippen LogP contribution in [0, 0.1) is 20.8 Å². The van der Waals surface area contributed by atoms with Crippen molar-refractivity contribution < 1.29 is 10.2 Å². The van der Waals surface area contributed by atoms with Gasteiger partial charge in [0.25, 0.3) is 0 Å². The highest BCUT2D eigenvalue weighted by atomic mass is 28.3. The van der Waals surface area contributed by atoms with Gasteiger partial charge in [-0.3, -0.25) is 0 Å². The fourth-order valence-electron chi connectivity index (χ4n) is 2.94. The van der Waals surface area contributed by atoms with E-state index in [1.165, 1.54) is 16.7 Å². The van der Waals surface area contributed by atoms with Crippen LogP contribution in [0.5, 0.6) is 0 Å². The van der Waals surface area contributed by atoms with Crippen LogP contribution in [0.25, 0.3) is 0 Å². The van der Waals surface area contributed by atoms with Gasteiger partial charge in [0.05, 0.1) is 8.80 Å². The molecule has 0 atom stereocenters. The second kappa shape index (κ2) is 7.72. The van der Waals surface area contributed by atoms with E-state index < -0.39 is 8.80 Å². The third kappa shape index (κ3) is 4.23. The molecule has 0 saturated carbocycles. The van der Waals surface area contributed by atoms with Gasteiger partial charge in [0.1, 0.15) is 0 Å². The van der Waals surface area contributed by atoms with E-state index in [0.717, 1.165) is 24.9 Å². The highest BCUT2D eigenvalue weighted by Gasteiger charge is 2.17. The van der Waals surface area contributed by atoms with Crippen LogP contribution < -0.4 is 5.19 Å². The van der Waals surface area contributed by atoms with Gasteiger partial charge in [0.2, 0.25) is 0 Å². The number of rotatable bonds is 7. The first-order valence-corrected chi connectivity index (χ1v) is 9.10. The minimum atomic E-state index is -1.05. The zero-order valence-electron chi connectivity index (χ0n) is 11.9. The van der Waals surface area contributed by atoms with Crippen LogP contribution in [0.4, 0.5) is 0 Å². The monoisotopic (exact) mass is 266 g/mol. The molecule has 0 amide bonds. The molecule has 0 saturated heterocycles. The number of aryl methyl sites for hydroxylation is 3. The van der Waals surface area contributed by atoms with Crippen molar-refractivity contribution >= 4 is 14.0 Å². The van der Waals surface area contributed by atoms with Gasteiger partial charge in [-0.25, -0.2) is 0 Å². The smallest absolute Gasteiger partial charge is 0.0717 e. The molecule has 2 N–H and O–H groups in total. The van der Waals surface area contributed by atoms with Crippen molar-refractivity contribution in [3.8, 4) is 0 Å². The molecule has 3 heteroatoms. The summed E-state index contributed by atoms with van der Waals surface area (Å²) in [4.78, 5) is 0. The average molecular weight is 266 g/mol. The lowest BCUT2D eigenvalue weighted by molar-refractivity contribution is 0.292. The molecular weight excluding hydrogens is 240 g/mol. The van der Waals surface area contributed by atoms with E-state index in [-0.39, 0.29) is 13.2 Å². The fourth-order valence-corrected chi connectivity index (χ4v) is 6.61. The predicted octanol–water partition coefficient (Wildman–Crippen LogP) is 1.81. The molecule has 0 aliphatic heterocycles. The first kappa shape index (κ1) is 15.4. The van der Waals surface area contributed by atoms with Crippen molar-refractivity contribution in [2.75, 3.05) is 13.2 Å². The molecule has 0 fully saturated rings. The van der Waals surface area contributed by atoms with Crippen LogP contribution in [0.3, 0.4) is 0 Å². The van der Waals surface area contributed by atoms with Gasteiger partial charge >= 0.3 is 0 Å². The number of aliphatic hydroxyl groups is 2. The second-order valence-electron chi connectivity index (χ2n) is 5.24. The standard InChI is InChI=1S/C15H26O2Si/c1-12-10-13(2)15(14(3)11-12)18(8-4-6-16)9-5-7-17/h10-11,16-18H,4-9H2,1-3H3. The van der Waals surface area contributed by atoms with E-state index in [9.17, 15) is 0 Å². The maximum atomic E-state index is 9.04. The zero-order valence-corrected chi connectivity index (χ0v) is 13.0. The first-order valence-electron chi connectivity index (χ1n) is 6.89. The van der Waals surface area contributed by atoms with Gasteiger partial charge < -0.3 is 10.2 Å². The molecule has 2 nitrogen and oxygen atoms in total. The summed E-state index contributed by atoms with van der Waals surface area (Å²) in [6.45, 7) is 7.11. The summed E-state index contributed by atoms with van der Waals surface area (Å²) in [5, 5.41) is 19.6. The third-order valence-corrected chi connectivity index (χ3v) is 7.51. The minimum absolute atomic E-state index is 0.284. The second-order valence-corrected chi connectivity index (χ2v) is 8.37. The predicted molar refractivity (Wildman–Crippen MR) is 80.5 cm³/mol. The van der Waals surface area contributed by atoms with Crippen LogP contribution in [0.2, 0.25) is 12.1 Å². The maximum Gasteiger partial charge on any atom is 0.0717 e. The summed E-state index contributed by atoms with van der Waals surface area (Å²) in [6, 6.07) is 6.81. The SMILES string of the molecule is Cc1cc(C)c([SiH](CCCO)CCCO)c(C)c1. The lowest BCUT2D eigenvalue weighted by atomic mass is 10.1. The van der Waals surface area contributed by atoms with Crippen molar-refractivity contribution in [3.63, 3.8) is 0 Å². The van der Waals surface area contributed by atoms with Crippen molar-refractivity contribution in [2.24, 2.45) is 0 Å². The summed E-state index contributed by atoms with van der Waals surface area (Å²) in [6.07, 6.45) is 1.80. The van der Waals surface area contributed by atoms with E-state index in [0.29, 0.717) is 0 Å². The molecule has 18 heavy (non-hydrogen) atoms. The fraction of sp³-hybridized carbons (Fsp3) is 0.600. The topological polar surface area (TPSA) is 40.5 Å². The van der Waals surface area contributed by atoms with E-state index in [2.05, 4.69) is 32.9 Å². The lowest BCUT2D eigenvalue weighted by Gasteiger charge is -2.20. The van der Waals surface area contributed by atoms with Crippen molar-refractivity contribution in [1.29, 1.82) is 0 Å². The maximum absolute atomic E-state index is 9.04. The largest absolute Gasteiger partial charge is 0.396 e. The van der Waals surface area contributed by atoms with Gasteiger partial charge in [-0.2, -0.15) is 0 Å². The van der Waals surface area contributed by atoms with Gasteiger partial charge in [0.15, 0.2) is 0 Å².